The average Bonchev–Trinajstić information content (AvgIpc) is 2.97. The number of amidine groups is 1. The third-order valence-corrected chi connectivity index (χ3v) is 5.14. The van der Waals surface area contributed by atoms with Crippen LogP contribution in [0.2, 0.25) is 0 Å². The van der Waals surface area contributed by atoms with Gasteiger partial charge in [0, 0.05) is 39.2 Å². The molecular formula is C16H16N4O5S. The molecule has 1 N–H and O–H groups in total. The molecule has 0 radical (unpaired) electrons. The Kier molecular flexibility index (Phi) is 4.94. The van der Waals surface area contributed by atoms with Gasteiger partial charge in [0.05, 0.1) is 9.83 Å². The molecule has 1 aromatic carbocycles. The standard InChI is InChI=1S/C16H16N4O5S/c1-10(21)18-4-6-19(7-5-18)16-17-15(23)14(26-16)9-11-2-3-13(22)12(8-11)20(24)25/h2-3,8-9,22H,4-7H2,1H3/b14-9-. The Morgan fingerprint density at radius 3 is 2.65 bits per heavy atom. The summed E-state index contributed by atoms with van der Waals surface area (Å²) in [5, 5.41) is 21.0. The van der Waals surface area contributed by atoms with Crippen molar-refractivity contribution in [3.05, 3.63) is 38.8 Å². The molecule has 2 aliphatic heterocycles. The van der Waals surface area contributed by atoms with Gasteiger partial charge in [0.15, 0.2) is 10.9 Å². The number of phenolic OH excluding ortho intramolecular Hbond substituents is 1. The van der Waals surface area contributed by atoms with Crippen LogP contribution in [0.4, 0.5) is 5.69 Å². The fourth-order valence-corrected chi connectivity index (χ4v) is 3.64. The highest BCUT2D eigenvalue weighted by Gasteiger charge is 2.29. The Morgan fingerprint density at radius 2 is 2.04 bits per heavy atom. The Hall–Kier alpha value is -2.88. The molecule has 3 rings (SSSR count). The van der Waals surface area contributed by atoms with Crippen LogP contribution in [0.25, 0.3) is 6.08 Å². The summed E-state index contributed by atoms with van der Waals surface area (Å²) < 4.78 is 0. The Morgan fingerprint density at radius 1 is 1.35 bits per heavy atom. The van der Waals surface area contributed by atoms with Crippen molar-refractivity contribution >= 4 is 40.5 Å². The van der Waals surface area contributed by atoms with E-state index in [0.717, 1.165) is 0 Å². The maximum atomic E-state index is 12.1. The van der Waals surface area contributed by atoms with E-state index in [2.05, 4.69) is 4.99 Å². The Balaban J connectivity index is 1.72. The molecular weight excluding hydrogens is 360 g/mol. The van der Waals surface area contributed by atoms with Crippen LogP contribution in [0.3, 0.4) is 0 Å². The van der Waals surface area contributed by atoms with Crippen molar-refractivity contribution in [1.29, 1.82) is 0 Å². The van der Waals surface area contributed by atoms with E-state index in [1.54, 1.807) is 4.90 Å². The average molecular weight is 376 g/mol. The lowest BCUT2D eigenvalue weighted by Crippen LogP contribution is -2.49. The molecule has 0 saturated carbocycles. The molecule has 0 unspecified atom stereocenters. The monoisotopic (exact) mass is 376 g/mol. The van der Waals surface area contributed by atoms with E-state index >= 15 is 0 Å². The highest BCUT2D eigenvalue weighted by molar-refractivity contribution is 8.18. The quantitative estimate of drug-likeness (QED) is 0.471. The maximum Gasteiger partial charge on any atom is 0.311 e. The third-order valence-electron chi connectivity index (χ3n) is 4.10. The number of carbonyl (C=O) groups excluding carboxylic acids is 2. The van der Waals surface area contributed by atoms with E-state index in [4.69, 9.17) is 0 Å². The summed E-state index contributed by atoms with van der Waals surface area (Å²) in [6.45, 7) is 3.87. The summed E-state index contributed by atoms with van der Waals surface area (Å²) in [6, 6.07) is 3.92. The predicted octanol–water partition coefficient (Wildman–Crippen LogP) is 1.43. The van der Waals surface area contributed by atoms with Crippen molar-refractivity contribution < 1.29 is 19.6 Å². The lowest BCUT2D eigenvalue weighted by molar-refractivity contribution is -0.385. The molecule has 0 bridgehead atoms. The van der Waals surface area contributed by atoms with Crippen molar-refractivity contribution in [1.82, 2.24) is 9.80 Å². The highest BCUT2D eigenvalue weighted by atomic mass is 32.2. The maximum absolute atomic E-state index is 12.1. The number of thioether (sulfide) groups is 1. The number of hydrogen-bond donors (Lipinski definition) is 1. The van der Waals surface area contributed by atoms with Gasteiger partial charge in [-0.05, 0) is 29.5 Å². The van der Waals surface area contributed by atoms with Crippen LogP contribution >= 0.6 is 11.8 Å². The molecule has 136 valence electrons. The number of aromatic hydroxyl groups is 1. The SMILES string of the molecule is CC(=O)N1CCN(C2=NC(=O)/C(=C/c3ccc(O)c([N+](=O)[O-])c3)S2)CC1. The number of hydrogen-bond acceptors (Lipinski definition) is 7. The molecule has 9 nitrogen and oxygen atoms in total. The number of benzene rings is 1. The van der Waals surface area contributed by atoms with E-state index < -0.39 is 22.3 Å². The first kappa shape index (κ1) is 17.9. The summed E-state index contributed by atoms with van der Waals surface area (Å²) >= 11 is 1.20. The van der Waals surface area contributed by atoms with Gasteiger partial charge in [-0.3, -0.25) is 19.7 Å². The number of piperazine rings is 1. The highest BCUT2D eigenvalue weighted by Crippen LogP contribution is 2.33. The smallest absolute Gasteiger partial charge is 0.311 e. The number of nitro benzene ring substituents is 1. The van der Waals surface area contributed by atoms with Crippen LogP contribution in [0.1, 0.15) is 12.5 Å². The molecule has 1 saturated heterocycles. The molecule has 0 atom stereocenters. The van der Waals surface area contributed by atoms with Crippen LogP contribution in [0, 0.1) is 10.1 Å². The topological polar surface area (TPSA) is 116 Å². The zero-order valence-electron chi connectivity index (χ0n) is 13.9. The second kappa shape index (κ2) is 7.16. The third kappa shape index (κ3) is 3.69. The van der Waals surface area contributed by atoms with Gasteiger partial charge in [-0.25, -0.2) is 0 Å². The largest absolute Gasteiger partial charge is 0.502 e. The van der Waals surface area contributed by atoms with Crippen LogP contribution in [-0.2, 0) is 9.59 Å². The van der Waals surface area contributed by atoms with Crippen molar-refractivity contribution in [2.75, 3.05) is 26.2 Å². The molecule has 2 heterocycles. The van der Waals surface area contributed by atoms with Crippen molar-refractivity contribution in [3.8, 4) is 5.75 Å². The number of amides is 2. The van der Waals surface area contributed by atoms with Gasteiger partial charge < -0.3 is 14.9 Å². The zero-order chi connectivity index (χ0) is 18.8. The fraction of sp³-hybridized carbons (Fsp3) is 0.312. The van der Waals surface area contributed by atoms with Gasteiger partial charge in [0.25, 0.3) is 5.91 Å². The number of aliphatic imine (C=N–C) groups is 1. The predicted molar refractivity (Wildman–Crippen MR) is 96.6 cm³/mol. The van der Waals surface area contributed by atoms with E-state index in [9.17, 15) is 24.8 Å². The van der Waals surface area contributed by atoms with Gasteiger partial charge >= 0.3 is 5.69 Å². The van der Waals surface area contributed by atoms with E-state index in [-0.39, 0.29) is 5.91 Å². The van der Waals surface area contributed by atoms with Crippen molar-refractivity contribution in [2.45, 2.75) is 6.92 Å². The molecule has 0 aromatic heterocycles. The number of carbonyl (C=O) groups is 2. The van der Waals surface area contributed by atoms with Crippen LogP contribution in [-0.4, -0.2) is 63.0 Å². The minimum Gasteiger partial charge on any atom is -0.502 e. The molecule has 0 spiro atoms. The molecule has 2 aliphatic rings. The van der Waals surface area contributed by atoms with E-state index in [1.807, 2.05) is 4.90 Å². The second-order valence-electron chi connectivity index (χ2n) is 5.81. The number of nitro groups is 1. The summed E-state index contributed by atoms with van der Waals surface area (Å²) in [7, 11) is 0. The summed E-state index contributed by atoms with van der Waals surface area (Å²) in [5.74, 6) is -0.811. The van der Waals surface area contributed by atoms with Crippen molar-refractivity contribution in [3.63, 3.8) is 0 Å². The molecule has 1 aromatic rings. The lowest BCUT2D eigenvalue weighted by Gasteiger charge is -2.34. The first-order chi connectivity index (χ1) is 12.3. The molecule has 26 heavy (non-hydrogen) atoms. The lowest BCUT2D eigenvalue weighted by atomic mass is 10.1. The number of rotatable bonds is 2. The van der Waals surface area contributed by atoms with Gasteiger partial charge in [0.1, 0.15) is 0 Å². The minimum absolute atomic E-state index is 0.0243. The van der Waals surface area contributed by atoms with E-state index in [0.29, 0.717) is 41.8 Å². The first-order valence-corrected chi connectivity index (χ1v) is 8.67. The summed E-state index contributed by atoms with van der Waals surface area (Å²) in [5.41, 5.74) is 0.0134. The summed E-state index contributed by atoms with van der Waals surface area (Å²) in [4.78, 5) is 41.8. The van der Waals surface area contributed by atoms with Crippen LogP contribution in [0.5, 0.6) is 5.75 Å². The molecule has 2 amide bonds. The fourth-order valence-electron chi connectivity index (χ4n) is 2.67. The second-order valence-corrected chi connectivity index (χ2v) is 6.82. The van der Waals surface area contributed by atoms with Gasteiger partial charge in [0.2, 0.25) is 5.91 Å². The Bertz CT molecular complexity index is 843. The van der Waals surface area contributed by atoms with Crippen molar-refractivity contribution in [2.24, 2.45) is 4.99 Å². The zero-order valence-corrected chi connectivity index (χ0v) is 14.7. The van der Waals surface area contributed by atoms with E-state index in [1.165, 1.54) is 43.0 Å². The van der Waals surface area contributed by atoms with Gasteiger partial charge in [-0.15, -0.1) is 0 Å². The normalized spacial score (nSPS) is 19.0. The molecule has 10 heteroatoms. The van der Waals surface area contributed by atoms with Gasteiger partial charge in [-0.1, -0.05) is 6.07 Å². The number of phenols is 1. The van der Waals surface area contributed by atoms with Crippen LogP contribution in [0.15, 0.2) is 28.1 Å². The minimum atomic E-state index is -0.683. The van der Waals surface area contributed by atoms with Gasteiger partial charge in [-0.2, -0.15) is 4.99 Å². The Labute approximate surface area is 153 Å². The number of nitrogens with zero attached hydrogens (tertiary/aromatic N) is 4. The first-order valence-electron chi connectivity index (χ1n) is 7.85. The molecule has 1 fully saturated rings. The van der Waals surface area contributed by atoms with Crippen LogP contribution < -0.4 is 0 Å². The summed E-state index contributed by atoms with van der Waals surface area (Å²) in [6.07, 6.45) is 1.52. The molecule has 0 aliphatic carbocycles.